The van der Waals surface area contributed by atoms with Crippen molar-refractivity contribution < 1.29 is 8.42 Å². The Morgan fingerprint density at radius 2 is 2.22 bits per heavy atom. The highest BCUT2D eigenvalue weighted by Gasteiger charge is 2.25. The van der Waals surface area contributed by atoms with Gasteiger partial charge in [-0.1, -0.05) is 28.8 Å². The van der Waals surface area contributed by atoms with Gasteiger partial charge in [-0.2, -0.15) is 0 Å². The average molecular weight is 353 g/mol. The second-order valence-corrected chi connectivity index (χ2v) is 9.02. The second-order valence-electron chi connectivity index (χ2n) is 4.61. The molecule has 0 bridgehead atoms. The monoisotopic (exact) mass is 352 g/mol. The average Bonchev–Trinajstić information content (AvgIpc) is 2.76. The Morgan fingerprint density at radius 1 is 1.50 bits per heavy atom. The molecule has 2 atom stereocenters. The van der Waals surface area contributed by atoms with Gasteiger partial charge in [-0.25, -0.2) is 18.1 Å². The van der Waals surface area contributed by atoms with Crippen LogP contribution in [0, 0.1) is 12.8 Å². The molecule has 0 radical (unpaired) electrons. The number of hydrogen-bond donors (Lipinski definition) is 1. The second kappa shape index (κ2) is 5.98. The van der Waals surface area contributed by atoms with E-state index in [1.807, 2.05) is 0 Å². The Hall–Kier alpha value is 0.0200. The van der Waals surface area contributed by atoms with E-state index in [1.165, 1.54) is 30.4 Å². The third kappa shape index (κ3) is 3.53. The van der Waals surface area contributed by atoms with E-state index < -0.39 is 10.0 Å². The fourth-order valence-corrected chi connectivity index (χ4v) is 5.17. The van der Waals surface area contributed by atoms with Crippen LogP contribution in [0.2, 0.25) is 0 Å². The third-order valence-electron chi connectivity index (χ3n) is 3.22. The first-order chi connectivity index (χ1) is 8.49. The van der Waals surface area contributed by atoms with Gasteiger partial charge in [-0.3, -0.25) is 0 Å². The van der Waals surface area contributed by atoms with Crippen molar-refractivity contribution in [2.45, 2.75) is 41.6 Å². The minimum absolute atomic E-state index is 0.307. The van der Waals surface area contributed by atoms with Crippen LogP contribution in [0.4, 0.5) is 0 Å². The summed E-state index contributed by atoms with van der Waals surface area (Å²) in [5.41, 5.74) is 0. The van der Waals surface area contributed by atoms with Gasteiger partial charge in [-0.05, 0) is 25.7 Å². The van der Waals surface area contributed by atoms with Gasteiger partial charge < -0.3 is 0 Å². The van der Waals surface area contributed by atoms with Crippen LogP contribution in [-0.2, 0) is 10.0 Å². The number of alkyl halides is 1. The molecule has 1 aromatic heterocycles. The first-order valence-corrected chi connectivity index (χ1v) is 9.27. The molecule has 1 N–H and O–H groups in total. The van der Waals surface area contributed by atoms with Crippen LogP contribution in [0.3, 0.4) is 0 Å². The van der Waals surface area contributed by atoms with Gasteiger partial charge >= 0.3 is 0 Å². The predicted octanol–water partition coefficient (Wildman–Crippen LogP) is 2.68. The van der Waals surface area contributed by atoms with E-state index in [0.29, 0.717) is 21.5 Å². The van der Waals surface area contributed by atoms with E-state index in [4.69, 9.17) is 0 Å². The largest absolute Gasteiger partial charge is 0.251 e. The molecule has 0 aliphatic heterocycles. The number of halogens is 1. The van der Waals surface area contributed by atoms with Gasteiger partial charge in [0.2, 0.25) is 0 Å². The van der Waals surface area contributed by atoms with E-state index in [9.17, 15) is 8.42 Å². The Labute approximate surface area is 120 Å². The quantitative estimate of drug-likeness (QED) is 0.847. The molecular weight excluding hydrogens is 336 g/mol. The van der Waals surface area contributed by atoms with Crippen molar-refractivity contribution in [3.05, 3.63) is 11.2 Å². The summed E-state index contributed by atoms with van der Waals surface area (Å²) in [5.74, 6) is 0.391. The number of thiazole rings is 1. The maximum atomic E-state index is 12.0. The topological polar surface area (TPSA) is 59.1 Å². The zero-order chi connectivity index (χ0) is 13.2. The van der Waals surface area contributed by atoms with Gasteiger partial charge in [0.15, 0.2) is 4.21 Å². The summed E-state index contributed by atoms with van der Waals surface area (Å²) in [7, 11) is -3.38. The summed E-state index contributed by atoms with van der Waals surface area (Å²) < 4.78 is 27.1. The van der Waals surface area contributed by atoms with Crippen LogP contribution in [0.25, 0.3) is 0 Å². The first-order valence-electron chi connectivity index (χ1n) is 6.05. The Morgan fingerprint density at radius 3 is 2.83 bits per heavy atom. The SMILES string of the molecule is Cc1ncc(S(=O)(=O)NCC2CCCCC2Br)s1. The molecule has 1 aromatic rings. The van der Waals surface area contributed by atoms with Crippen LogP contribution < -0.4 is 4.72 Å². The van der Waals surface area contributed by atoms with Gasteiger partial charge in [0.05, 0.1) is 11.2 Å². The van der Waals surface area contributed by atoms with Gasteiger partial charge in [0, 0.05) is 11.4 Å². The lowest BCUT2D eigenvalue weighted by molar-refractivity contribution is 0.373. The number of sulfonamides is 1. The van der Waals surface area contributed by atoms with Crippen molar-refractivity contribution in [2.75, 3.05) is 6.54 Å². The predicted molar refractivity (Wildman–Crippen MR) is 76.7 cm³/mol. The van der Waals surface area contributed by atoms with E-state index in [-0.39, 0.29) is 0 Å². The number of nitrogens with one attached hydrogen (secondary N) is 1. The number of rotatable bonds is 4. The molecule has 1 aliphatic rings. The molecule has 4 nitrogen and oxygen atoms in total. The lowest BCUT2D eigenvalue weighted by Gasteiger charge is -2.27. The molecule has 2 unspecified atom stereocenters. The summed E-state index contributed by atoms with van der Waals surface area (Å²) in [5, 5.41) is 0.770. The molecule has 18 heavy (non-hydrogen) atoms. The summed E-state index contributed by atoms with van der Waals surface area (Å²) in [4.78, 5) is 4.41. The molecule has 0 aromatic carbocycles. The first kappa shape index (κ1) is 14.4. The summed E-state index contributed by atoms with van der Waals surface area (Å²) >= 11 is 4.85. The lowest BCUT2D eigenvalue weighted by atomic mass is 9.89. The molecule has 0 spiro atoms. The number of hydrogen-bond acceptors (Lipinski definition) is 4. The van der Waals surface area contributed by atoms with Crippen LogP contribution in [0.1, 0.15) is 30.7 Å². The Bertz CT molecular complexity index is 501. The Balaban J connectivity index is 1.96. The molecule has 2 rings (SSSR count). The van der Waals surface area contributed by atoms with E-state index in [0.717, 1.165) is 17.8 Å². The minimum atomic E-state index is -3.38. The molecule has 1 fully saturated rings. The number of aryl methyl sites for hydroxylation is 1. The van der Waals surface area contributed by atoms with Gasteiger partial charge in [0.25, 0.3) is 10.0 Å². The molecule has 1 heterocycles. The summed E-state index contributed by atoms with van der Waals surface area (Å²) in [6.07, 6.45) is 6.06. The van der Waals surface area contributed by atoms with Crippen LogP contribution in [-0.4, -0.2) is 24.8 Å². The normalized spacial score (nSPS) is 25.2. The molecule has 0 saturated heterocycles. The summed E-state index contributed by atoms with van der Waals surface area (Å²) in [6, 6.07) is 0. The zero-order valence-electron chi connectivity index (χ0n) is 10.2. The number of aromatic nitrogens is 1. The highest BCUT2D eigenvalue weighted by Crippen LogP contribution is 2.29. The molecule has 0 amide bonds. The van der Waals surface area contributed by atoms with Crippen molar-refractivity contribution >= 4 is 37.3 Å². The van der Waals surface area contributed by atoms with Crippen LogP contribution >= 0.6 is 27.3 Å². The maximum Gasteiger partial charge on any atom is 0.251 e. The summed E-state index contributed by atoms with van der Waals surface area (Å²) in [6.45, 7) is 2.31. The van der Waals surface area contributed by atoms with Crippen molar-refractivity contribution in [3.63, 3.8) is 0 Å². The standard InChI is InChI=1S/C11H17BrN2O2S2/c1-8-13-7-11(17-8)18(15,16)14-6-9-4-2-3-5-10(9)12/h7,9-10,14H,2-6H2,1H3. The van der Waals surface area contributed by atoms with Crippen molar-refractivity contribution in [1.29, 1.82) is 0 Å². The van der Waals surface area contributed by atoms with Crippen LogP contribution in [0.15, 0.2) is 10.4 Å². The fourth-order valence-electron chi connectivity index (χ4n) is 2.15. The fraction of sp³-hybridized carbons (Fsp3) is 0.727. The molecular formula is C11H17BrN2O2S2. The van der Waals surface area contributed by atoms with Crippen molar-refractivity contribution in [3.8, 4) is 0 Å². The van der Waals surface area contributed by atoms with Crippen LogP contribution in [0.5, 0.6) is 0 Å². The van der Waals surface area contributed by atoms with E-state index >= 15 is 0 Å². The number of nitrogens with zero attached hydrogens (tertiary/aromatic N) is 1. The lowest BCUT2D eigenvalue weighted by Crippen LogP contribution is -2.34. The smallest absolute Gasteiger partial charge is 0.249 e. The Kier molecular flexibility index (Phi) is 4.80. The molecule has 7 heteroatoms. The highest BCUT2D eigenvalue weighted by atomic mass is 79.9. The van der Waals surface area contributed by atoms with Gasteiger partial charge in [0.1, 0.15) is 0 Å². The molecule has 1 saturated carbocycles. The van der Waals surface area contributed by atoms with Gasteiger partial charge in [-0.15, -0.1) is 11.3 Å². The highest BCUT2D eigenvalue weighted by molar-refractivity contribution is 9.09. The minimum Gasteiger partial charge on any atom is -0.249 e. The van der Waals surface area contributed by atoms with E-state index in [1.54, 1.807) is 6.92 Å². The molecule has 1 aliphatic carbocycles. The van der Waals surface area contributed by atoms with Crippen molar-refractivity contribution in [2.24, 2.45) is 5.92 Å². The zero-order valence-corrected chi connectivity index (χ0v) is 13.4. The van der Waals surface area contributed by atoms with Crippen molar-refractivity contribution in [1.82, 2.24) is 9.71 Å². The molecule has 102 valence electrons. The maximum absolute atomic E-state index is 12.0. The third-order valence-corrected chi connectivity index (χ3v) is 7.22. The van der Waals surface area contributed by atoms with E-state index in [2.05, 4.69) is 25.6 Å².